The van der Waals surface area contributed by atoms with E-state index in [9.17, 15) is 39.6 Å². The number of carbonyl (C=O) groups is 4. The Kier molecular flexibility index (Phi) is 15.8. The molecule has 3 aliphatic rings. The summed E-state index contributed by atoms with van der Waals surface area (Å²) in [5.74, 6) is -2.18. The largest absolute Gasteiger partial charge is 0.469 e. The quantitative estimate of drug-likeness (QED) is 0.0486. The zero-order valence-corrected chi connectivity index (χ0v) is 38.9. The van der Waals surface area contributed by atoms with E-state index in [0.717, 1.165) is 23.4 Å². The van der Waals surface area contributed by atoms with Crippen LogP contribution in [0.2, 0.25) is 0 Å². The highest BCUT2D eigenvalue weighted by Gasteiger charge is 2.44. The van der Waals surface area contributed by atoms with Gasteiger partial charge in [-0.1, -0.05) is 20.8 Å². The predicted molar refractivity (Wildman–Crippen MR) is 245 cm³/mol. The number of Topliss-reactive ketones (excluding diaryl/α,β-unsaturated/α-hetero) is 1. The number of fused-ring (bicyclic) bond motifs is 8. The van der Waals surface area contributed by atoms with Crippen LogP contribution in [-0.4, -0.2) is 134 Å². The maximum atomic E-state index is 14.5. The van der Waals surface area contributed by atoms with Crippen molar-refractivity contribution in [3.05, 3.63) is 68.8 Å². The van der Waals surface area contributed by atoms with Gasteiger partial charge in [0.2, 0.25) is 0 Å². The number of thiocarbonyl (C=S) groups is 1. The first-order valence-electron chi connectivity index (χ1n) is 22.0. The number of amides is 1. The van der Waals surface area contributed by atoms with E-state index >= 15 is 0 Å². The Morgan fingerprint density at radius 3 is 2.11 bits per heavy atom. The Morgan fingerprint density at radius 1 is 0.831 bits per heavy atom. The summed E-state index contributed by atoms with van der Waals surface area (Å²) in [6.07, 6.45) is -4.38. The predicted octanol–water partition coefficient (Wildman–Crippen LogP) is 3.37. The summed E-state index contributed by atoms with van der Waals surface area (Å²) in [5.41, 5.74) is 7.66. The molecule has 0 spiro atoms. The van der Waals surface area contributed by atoms with Crippen molar-refractivity contribution in [1.82, 2.24) is 35.9 Å². The van der Waals surface area contributed by atoms with Crippen LogP contribution in [-0.2, 0) is 30.2 Å². The monoisotopic (exact) mass is 919 g/mol. The molecule has 6 heterocycles. The SMILES string of the molecule is CC[C@H]1c2cc3[nH]c(c(CC(=O)OC)c4nc(cc5[nH]c(cc(n2)[C@@H]1C)c(C(C)=O)c5C)[C@@H](C)[C@@H]4CCC(=O)OC)c(C(=O)NCCCNC(=S)NC1C(O)OC(CO)C(O)C1O)c3C. The molecular formula is C46H61N7O11S. The van der Waals surface area contributed by atoms with Crippen molar-refractivity contribution in [3.8, 4) is 0 Å². The van der Waals surface area contributed by atoms with Crippen LogP contribution in [0.15, 0.2) is 18.2 Å². The lowest BCUT2D eigenvalue weighted by atomic mass is 9.85. The summed E-state index contributed by atoms with van der Waals surface area (Å²) in [6, 6.07) is 4.61. The fourth-order valence-electron chi connectivity index (χ4n) is 9.26. The summed E-state index contributed by atoms with van der Waals surface area (Å²) >= 11 is 5.36. The van der Waals surface area contributed by atoms with E-state index in [0.29, 0.717) is 63.0 Å². The standard InChI is InChI=1S/C46H61N7O11S/c1-9-25-20(2)28-18-33-37(24(6)55)22(4)30(50-33)16-29-21(3)26(11-12-35(56)62-7)39(51-29)27(15-36(57)63-8)40-38(23(5)31(52-40)17-32(25)49-28)44(60)47-13-10-14-48-46(65)53-41-43(59)42(58)34(19-54)64-45(41)61/h16-18,20-21,25-26,34,41-43,45,50,52,54,58-59,61H,9-15,19H2,1-8H3,(H,47,60)(H2,48,53,65)/t20-,21+,25-,26+,34?,41?,42?,43?,45?/m1/s1. The van der Waals surface area contributed by atoms with Gasteiger partial charge in [-0.25, -0.2) is 0 Å². The van der Waals surface area contributed by atoms with Crippen LogP contribution in [0.1, 0.15) is 137 Å². The number of ether oxygens (including phenoxy) is 3. The molecule has 3 aliphatic heterocycles. The molecule has 0 aliphatic carbocycles. The molecule has 0 aromatic carbocycles. The van der Waals surface area contributed by atoms with E-state index in [1.54, 1.807) is 0 Å². The van der Waals surface area contributed by atoms with Gasteiger partial charge in [0.25, 0.3) is 5.91 Å². The number of aromatic amines is 2. The van der Waals surface area contributed by atoms with Gasteiger partial charge in [-0.3, -0.25) is 29.1 Å². The van der Waals surface area contributed by atoms with Crippen LogP contribution >= 0.6 is 12.2 Å². The smallest absolute Gasteiger partial charge is 0.310 e. The Morgan fingerprint density at radius 2 is 1.45 bits per heavy atom. The molecule has 65 heavy (non-hydrogen) atoms. The number of hydrogen-bond donors (Lipinski definition) is 9. The topological polar surface area (TPSA) is 270 Å². The molecule has 1 saturated heterocycles. The average Bonchev–Trinajstić information content (AvgIpc) is 3.97. The number of carbonyl (C=O) groups excluding carboxylic acids is 4. The molecule has 19 heteroatoms. The van der Waals surface area contributed by atoms with Gasteiger partial charge in [-0.05, 0) is 81.6 Å². The van der Waals surface area contributed by atoms with Crippen molar-refractivity contribution >= 4 is 63.0 Å². The summed E-state index contributed by atoms with van der Waals surface area (Å²) in [4.78, 5) is 71.0. The maximum absolute atomic E-state index is 14.5. The Balaban J connectivity index is 1.46. The highest BCUT2D eigenvalue weighted by atomic mass is 32.1. The van der Waals surface area contributed by atoms with E-state index in [2.05, 4.69) is 39.8 Å². The number of H-pyrrole nitrogens is 2. The van der Waals surface area contributed by atoms with Crippen LogP contribution in [0.4, 0.5) is 0 Å². The molecule has 0 radical (unpaired) electrons. The van der Waals surface area contributed by atoms with E-state index in [4.69, 9.17) is 36.4 Å². The number of esters is 2. The lowest BCUT2D eigenvalue weighted by Gasteiger charge is -2.40. The molecule has 9 N–H and O–H groups in total. The number of hydrogen-bond acceptors (Lipinski definition) is 14. The summed E-state index contributed by atoms with van der Waals surface area (Å²) in [5, 5.41) is 49.2. The highest BCUT2D eigenvalue weighted by Crippen LogP contribution is 2.44. The van der Waals surface area contributed by atoms with Crippen LogP contribution in [0.3, 0.4) is 0 Å². The van der Waals surface area contributed by atoms with Gasteiger partial charge >= 0.3 is 11.9 Å². The van der Waals surface area contributed by atoms with Gasteiger partial charge in [0.1, 0.15) is 24.4 Å². The molecule has 1 fully saturated rings. The van der Waals surface area contributed by atoms with Gasteiger partial charge < -0.3 is 60.6 Å². The van der Waals surface area contributed by atoms with E-state index in [1.165, 1.54) is 21.1 Å². The first kappa shape index (κ1) is 49.1. The number of nitrogens with zero attached hydrogens (tertiary/aromatic N) is 2. The molecule has 5 unspecified atom stereocenters. The minimum Gasteiger partial charge on any atom is -0.469 e. The van der Waals surface area contributed by atoms with Crippen molar-refractivity contribution < 1.29 is 53.8 Å². The lowest BCUT2D eigenvalue weighted by molar-refractivity contribution is -0.252. The fourth-order valence-corrected chi connectivity index (χ4v) is 9.50. The number of aliphatic hydroxyl groups is 4. The molecule has 352 valence electrons. The fraction of sp³-hybridized carbons (Fsp3) is 0.543. The molecule has 6 rings (SSSR count). The van der Waals surface area contributed by atoms with Crippen molar-refractivity contribution in [3.63, 3.8) is 0 Å². The molecular weight excluding hydrogens is 859 g/mol. The van der Waals surface area contributed by atoms with Crippen LogP contribution in [0, 0.1) is 13.8 Å². The number of nitrogens with one attached hydrogen (secondary N) is 5. The van der Waals surface area contributed by atoms with Gasteiger partial charge in [-0.15, -0.1) is 0 Å². The number of ketones is 1. The van der Waals surface area contributed by atoms with Crippen molar-refractivity contribution in [1.29, 1.82) is 0 Å². The number of aryl methyl sites for hydroxylation is 2. The van der Waals surface area contributed by atoms with Crippen LogP contribution < -0.4 is 16.0 Å². The molecule has 9 atom stereocenters. The number of aliphatic hydroxyl groups excluding tert-OH is 4. The average molecular weight is 920 g/mol. The van der Waals surface area contributed by atoms with Crippen LogP contribution in [0.25, 0.3) is 22.1 Å². The molecule has 0 saturated carbocycles. The third kappa shape index (κ3) is 10.2. The second-order valence-electron chi connectivity index (χ2n) is 17.0. The molecule has 18 nitrogen and oxygen atoms in total. The van der Waals surface area contributed by atoms with Crippen molar-refractivity contribution in [2.24, 2.45) is 0 Å². The first-order chi connectivity index (χ1) is 30.9. The Labute approximate surface area is 382 Å². The molecule has 3 aromatic rings. The lowest BCUT2D eigenvalue weighted by Crippen LogP contribution is -2.65. The van der Waals surface area contributed by atoms with Gasteiger partial charge in [-0.2, -0.15) is 0 Å². The Bertz CT molecular complexity index is 2490. The number of methoxy groups -OCH3 is 2. The van der Waals surface area contributed by atoms with Gasteiger partial charge in [0.05, 0.1) is 49.5 Å². The zero-order valence-electron chi connectivity index (χ0n) is 38.0. The van der Waals surface area contributed by atoms with Crippen molar-refractivity contribution in [2.75, 3.05) is 33.9 Å². The second-order valence-corrected chi connectivity index (χ2v) is 17.5. The maximum Gasteiger partial charge on any atom is 0.310 e. The Hall–Kier alpha value is -5.31. The molecule has 3 aromatic heterocycles. The number of rotatable bonds is 14. The van der Waals surface area contributed by atoms with E-state index < -0.39 is 61.0 Å². The molecule has 1 amide bonds. The third-order valence-electron chi connectivity index (χ3n) is 13.1. The second kappa shape index (κ2) is 20.9. The van der Waals surface area contributed by atoms with Crippen LogP contribution in [0.5, 0.6) is 0 Å². The number of aromatic nitrogens is 4. The zero-order chi connectivity index (χ0) is 47.4. The highest BCUT2D eigenvalue weighted by molar-refractivity contribution is 7.80. The molecule has 8 bridgehead atoms. The van der Waals surface area contributed by atoms with E-state index in [-0.39, 0.29) is 60.1 Å². The minimum absolute atomic E-state index is 0.00342. The minimum atomic E-state index is -1.56. The van der Waals surface area contributed by atoms with E-state index in [1.807, 2.05) is 39.0 Å². The summed E-state index contributed by atoms with van der Waals surface area (Å²) in [6.45, 7) is 11.3. The normalized spacial score (nSPS) is 24.0. The van der Waals surface area contributed by atoms with Gasteiger partial charge in [0.15, 0.2) is 17.2 Å². The first-order valence-corrected chi connectivity index (χ1v) is 22.4. The summed E-state index contributed by atoms with van der Waals surface area (Å²) in [7, 11) is 2.61. The van der Waals surface area contributed by atoms with Gasteiger partial charge in [0, 0.05) is 82.4 Å². The van der Waals surface area contributed by atoms with Crippen molar-refractivity contribution in [2.45, 2.75) is 128 Å². The summed E-state index contributed by atoms with van der Waals surface area (Å²) < 4.78 is 15.4. The third-order valence-corrected chi connectivity index (χ3v) is 13.3.